The van der Waals surface area contributed by atoms with Gasteiger partial charge < -0.3 is 10.1 Å². The summed E-state index contributed by atoms with van der Waals surface area (Å²) in [6.07, 6.45) is -3.30. The maximum absolute atomic E-state index is 13.0. The minimum absolute atomic E-state index is 0.0367. The van der Waals surface area contributed by atoms with Gasteiger partial charge in [0.15, 0.2) is 5.82 Å². The molecule has 1 heterocycles. The van der Waals surface area contributed by atoms with Gasteiger partial charge in [-0.15, -0.1) is 0 Å². The lowest BCUT2D eigenvalue weighted by atomic mass is 10.1. The molecule has 0 fully saturated rings. The first kappa shape index (κ1) is 20.6. The molecule has 1 amide bonds. The first-order valence-corrected chi connectivity index (χ1v) is 8.73. The lowest BCUT2D eigenvalue weighted by molar-refractivity contribution is -0.137. The van der Waals surface area contributed by atoms with Crippen LogP contribution in [0.1, 0.15) is 21.6 Å². The van der Waals surface area contributed by atoms with Crippen molar-refractivity contribution in [3.63, 3.8) is 0 Å². The number of aromatic nitrogens is 2. The van der Waals surface area contributed by atoms with Gasteiger partial charge in [0.2, 0.25) is 0 Å². The minimum atomic E-state index is -4.63. The molecule has 150 valence electrons. The van der Waals surface area contributed by atoms with Gasteiger partial charge in [0.1, 0.15) is 5.75 Å². The zero-order chi connectivity index (χ0) is 21.2. The van der Waals surface area contributed by atoms with Crippen molar-refractivity contribution in [1.29, 1.82) is 0 Å². The van der Waals surface area contributed by atoms with Gasteiger partial charge in [-0.3, -0.25) is 4.79 Å². The van der Waals surface area contributed by atoms with E-state index in [0.717, 1.165) is 17.7 Å². The summed E-state index contributed by atoms with van der Waals surface area (Å²) in [4.78, 5) is 21.0. The molecular formula is C20H15ClF3N3O2. The molecule has 3 aromatic rings. The Morgan fingerprint density at radius 2 is 1.83 bits per heavy atom. The number of carbonyl (C=O) groups is 1. The quantitative estimate of drug-likeness (QED) is 0.613. The van der Waals surface area contributed by atoms with E-state index in [4.69, 9.17) is 16.3 Å². The summed E-state index contributed by atoms with van der Waals surface area (Å²) in [6.45, 7) is 1.62. The molecular weight excluding hydrogens is 407 g/mol. The number of halogens is 4. The molecule has 0 radical (unpaired) electrons. The maximum Gasteiger partial charge on any atom is 0.417 e. The molecule has 0 bridgehead atoms. The van der Waals surface area contributed by atoms with Crippen molar-refractivity contribution in [3.05, 3.63) is 70.5 Å². The molecule has 0 saturated heterocycles. The number of methoxy groups -OCH3 is 1. The van der Waals surface area contributed by atoms with E-state index in [1.807, 2.05) is 0 Å². The molecule has 2 aromatic carbocycles. The summed E-state index contributed by atoms with van der Waals surface area (Å²) in [5.74, 6) is 0.467. The Morgan fingerprint density at radius 3 is 2.41 bits per heavy atom. The van der Waals surface area contributed by atoms with E-state index in [1.165, 1.54) is 12.3 Å². The highest BCUT2D eigenvalue weighted by atomic mass is 35.5. The third-order valence-electron chi connectivity index (χ3n) is 4.10. The fourth-order valence-corrected chi connectivity index (χ4v) is 2.81. The van der Waals surface area contributed by atoms with Gasteiger partial charge >= 0.3 is 6.18 Å². The smallest absolute Gasteiger partial charge is 0.417 e. The van der Waals surface area contributed by atoms with Crippen LogP contribution in [0.15, 0.2) is 48.7 Å². The number of hydrogen-bond donors (Lipinski definition) is 1. The molecule has 9 heteroatoms. The monoisotopic (exact) mass is 421 g/mol. The van der Waals surface area contributed by atoms with E-state index in [9.17, 15) is 18.0 Å². The van der Waals surface area contributed by atoms with Crippen molar-refractivity contribution in [2.24, 2.45) is 0 Å². The van der Waals surface area contributed by atoms with Crippen LogP contribution in [-0.4, -0.2) is 23.0 Å². The van der Waals surface area contributed by atoms with E-state index in [-0.39, 0.29) is 11.3 Å². The van der Waals surface area contributed by atoms with Gasteiger partial charge in [0.05, 0.1) is 29.0 Å². The molecule has 0 aliphatic carbocycles. The summed E-state index contributed by atoms with van der Waals surface area (Å²) in [5.41, 5.74) is 0.192. The molecule has 1 N–H and O–H groups in total. The number of nitrogens with one attached hydrogen (secondary N) is 1. The van der Waals surface area contributed by atoms with Gasteiger partial charge in [-0.2, -0.15) is 13.2 Å². The van der Waals surface area contributed by atoms with Gasteiger partial charge in [-0.05, 0) is 49.4 Å². The van der Waals surface area contributed by atoms with Crippen molar-refractivity contribution in [3.8, 4) is 17.1 Å². The van der Waals surface area contributed by atoms with Crippen LogP contribution in [0.2, 0.25) is 5.02 Å². The number of anilines is 1. The number of rotatable bonds is 4. The van der Waals surface area contributed by atoms with Crippen molar-refractivity contribution in [1.82, 2.24) is 9.97 Å². The molecule has 1 aromatic heterocycles. The molecule has 5 nitrogen and oxygen atoms in total. The molecule has 0 unspecified atom stereocenters. The SMILES string of the molecule is COc1ccc(-c2ncc(C(=O)Nc3ccc(Cl)c(C(F)(F)F)c3)c(C)n2)cc1. The van der Waals surface area contributed by atoms with Crippen molar-refractivity contribution >= 4 is 23.2 Å². The number of carbonyl (C=O) groups excluding carboxylic acids is 1. The van der Waals surface area contributed by atoms with Gasteiger partial charge in [-0.1, -0.05) is 11.6 Å². The van der Waals surface area contributed by atoms with E-state index >= 15 is 0 Å². The number of ether oxygens (including phenoxy) is 1. The van der Waals surface area contributed by atoms with E-state index < -0.39 is 22.7 Å². The van der Waals surface area contributed by atoms with Crippen LogP contribution in [-0.2, 0) is 6.18 Å². The van der Waals surface area contributed by atoms with E-state index in [0.29, 0.717) is 17.3 Å². The number of amides is 1. The molecule has 0 saturated carbocycles. The van der Waals surface area contributed by atoms with Crippen LogP contribution < -0.4 is 10.1 Å². The van der Waals surface area contributed by atoms with Crippen molar-refractivity contribution in [2.75, 3.05) is 12.4 Å². The lowest BCUT2D eigenvalue weighted by Gasteiger charge is -2.12. The van der Waals surface area contributed by atoms with Crippen LogP contribution in [0.5, 0.6) is 5.75 Å². The standard InChI is InChI=1S/C20H15ClF3N3O2/c1-11-15(10-25-18(26-11)12-3-6-14(29-2)7-4-12)19(28)27-13-5-8-17(21)16(9-13)20(22,23)24/h3-10H,1-2H3,(H,27,28). The molecule has 0 aliphatic heterocycles. The highest BCUT2D eigenvalue weighted by molar-refractivity contribution is 6.31. The van der Waals surface area contributed by atoms with Crippen LogP contribution in [0.3, 0.4) is 0 Å². The highest BCUT2D eigenvalue weighted by Gasteiger charge is 2.33. The Bertz CT molecular complexity index is 1050. The molecule has 0 aliphatic rings. The van der Waals surface area contributed by atoms with E-state index in [1.54, 1.807) is 38.3 Å². The molecule has 0 atom stereocenters. The van der Waals surface area contributed by atoms with Gasteiger partial charge in [-0.25, -0.2) is 9.97 Å². The number of benzene rings is 2. The third-order valence-corrected chi connectivity index (χ3v) is 4.43. The second kappa shape index (κ2) is 8.08. The Morgan fingerprint density at radius 1 is 1.14 bits per heavy atom. The van der Waals surface area contributed by atoms with Crippen LogP contribution >= 0.6 is 11.6 Å². The van der Waals surface area contributed by atoms with Crippen LogP contribution in [0, 0.1) is 6.92 Å². The fourth-order valence-electron chi connectivity index (χ4n) is 2.59. The zero-order valence-corrected chi connectivity index (χ0v) is 16.1. The summed E-state index contributed by atoms with van der Waals surface area (Å²) in [5, 5.41) is 1.97. The van der Waals surface area contributed by atoms with E-state index in [2.05, 4.69) is 15.3 Å². The minimum Gasteiger partial charge on any atom is -0.497 e. The third kappa shape index (κ3) is 4.65. The normalized spacial score (nSPS) is 11.2. The van der Waals surface area contributed by atoms with Crippen LogP contribution in [0.4, 0.5) is 18.9 Å². The number of alkyl halides is 3. The zero-order valence-electron chi connectivity index (χ0n) is 15.3. The largest absolute Gasteiger partial charge is 0.497 e. The summed E-state index contributed by atoms with van der Waals surface area (Å²) < 4.78 is 44.0. The molecule has 29 heavy (non-hydrogen) atoms. The van der Waals surface area contributed by atoms with Crippen LogP contribution in [0.25, 0.3) is 11.4 Å². The average molecular weight is 422 g/mol. The summed E-state index contributed by atoms with van der Waals surface area (Å²) in [6, 6.07) is 10.2. The first-order valence-electron chi connectivity index (χ1n) is 8.35. The topological polar surface area (TPSA) is 64.1 Å². The lowest BCUT2D eigenvalue weighted by Crippen LogP contribution is -2.16. The Hall–Kier alpha value is -3.13. The highest BCUT2D eigenvalue weighted by Crippen LogP contribution is 2.36. The average Bonchev–Trinajstić information content (AvgIpc) is 2.68. The second-order valence-corrected chi connectivity index (χ2v) is 6.47. The Labute approximate surface area is 169 Å². The maximum atomic E-state index is 13.0. The number of hydrogen-bond acceptors (Lipinski definition) is 4. The first-order chi connectivity index (χ1) is 13.7. The molecule has 0 spiro atoms. The number of nitrogens with zero attached hydrogens (tertiary/aromatic N) is 2. The summed E-state index contributed by atoms with van der Waals surface area (Å²) >= 11 is 5.59. The Balaban J connectivity index is 1.83. The Kier molecular flexibility index (Phi) is 5.74. The summed E-state index contributed by atoms with van der Waals surface area (Å²) in [7, 11) is 1.56. The second-order valence-electron chi connectivity index (χ2n) is 6.07. The van der Waals surface area contributed by atoms with Crippen molar-refractivity contribution in [2.45, 2.75) is 13.1 Å². The van der Waals surface area contributed by atoms with Gasteiger partial charge in [0.25, 0.3) is 5.91 Å². The van der Waals surface area contributed by atoms with Gasteiger partial charge in [0, 0.05) is 17.4 Å². The number of aryl methyl sites for hydroxylation is 1. The predicted octanol–water partition coefficient (Wildman–Crippen LogP) is 5.39. The van der Waals surface area contributed by atoms with Crippen molar-refractivity contribution < 1.29 is 22.7 Å². The molecule has 3 rings (SSSR count). The fraction of sp³-hybridized carbons (Fsp3) is 0.150. The predicted molar refractivity (Wildman–Crippen MR) is 103 cm³/mol.